The maximum Gasteiger partial charge on any atom is 0.177 e. The summed E-state index contributed by atoms with van der Waals surface area (Å²) in [6, 6.07) is 5.09. The van der Waals surface area contributed by atoms with E-state index in [9.17, 15) is 9.59 Å². The Morgan fingerprint density at radius 3 is 2.00 bits per heavy atom. The van der Waals surface area contributed by atoms with Gasteiger partial charge in [-0.3, -0.25) is 9.59 Å². The molecule has 0 aliphatic heterocycles. The monoisotopic (exact) mass is 250 g/mol. The minimum Gasteiger partial charge on any atom is -0.496 e. The molecule has 0 spiro atoms. The lowest BCUT2D eigenvalue weighted by Crippen LogP contribution is -2.14. The van der Waals surface area contributed by atoms with Gasteiger partial charge in [0.25, 0.3) is 0 Å². The second-order valence-corrected chi connectivity index (χ2v) is 4.26. The Morgan fingerprint density at radius 1 is 1.11 bits per heavy atom. The van der Waals surface area contributed by atoms with Gasteiger partial charge in [-0.05, 0) is 12.1 Å². The number of Topliss-reactive ketones (excluding diaryl/α,β-unsaturated/α-hetero) is 2. The second-order valence-electron chi connectivity index (χ2n) is 4.26. The molecule has 0 aliphatic rings. The van der Waals surface area contributed by atoms with E-state index in [1.54, 1.807) is 32.0 Å². The maximum atomic E-state index is 12.1. The zero-order valence-corrected chi connectivity index (χ0v) is 11.1. The number of carbonyl (C=O) groups is 2. The smallest absolute Gasteiger partial charge is 0.177 e. The molecule has 1 rings (SSSR count). The molecule has 0 atom stereocenters. The summed E-state index contributed by atoms with van der Waals surface area (Å²) in [4.78, 5) is 23.8. The van der Waals surface area contributed by atoms with Crippen molar-refractivity contribution in [3.63, 3.8) is 0 Å². The van der Waals surface area contributed by atoms with Gasteiger partial charge in [0.2, 0.25) is 0 Å². The summed E-state index contributed by atoms with van der Waals surface area (Å²) in [6.07, 6.45) is -0.131. The standard InChI is InChI=1S/C14H18O4/c1-9(2)10(15)8-11(16)14-12(17-3)6-5-7-13(14)18-4/h5-7,9H,8H2,1-4H3. The molecule has 0 fully saturated rings. The summed E-state index contributed by atoms with van der Waals surface area (Å²) in [6.45, 7) is 3.55. The molecule has 18 heavy (non-hydrogen) atoms. The molecule has 0 amide bonds. The molecule has 0 N–H and O–H groups in total. The summed E-state index contributed by atoms with van der Waals surface area (Å²) in [7, 11) is 2.96. The number of carbonyl (C=O) groups excluding carboxylic acids is 2. The minimum atomic E-state index is -0.275. The van der Waals surface area contributed by atoms with Crippen molar-refractivity contribution in [2.45, 2.75) is 20.3 Å². The van der Waals surface area contributed by atoms with Crippen LogP contribution in [0.2, 0.25) is 0 Å². The first kappa shape index (κ1) is 14.2. The van der Waals surface area contributed by atoms with E-state index >= 15 is 0 Å². The molecular weight excluding hydrogens is 232 g/mol. The Kier molecular flexibility index (Phi) is 4.89. The van der Waals surface area contributed by atoms with E-state index in [4.69, 9.17) is 9.47 Å². The molecule has 0 aliphatic carbocycles. The van der Waals surface area contributed by atoms with Crippen molar-refractivity contribution in [1.29, 1.82) is 0 Å². The Hall–Kier alpha value is -1.84. The molecule has 0 aromatic heterocycles. The van der Waals surface area contributed by atoms with E-state index in [0.29, 0.717) is 17.1 Å². The van der Waals surface area contributed by atoms with Crippen LogP contribution in [0.4, 0.5) is 0 Å². The molecule has 0 bridgehead atoms. The highest BCUT2D eigenvalue weighted by molar-refractivity contribution is 6.11. The first-order valence-electron chi connectivity index (χ1n) is 5.78. The SMILES string of the molecule is COc1cccc(OC)c1C(=O)CC(=O)C(C)C. The van der Waals surface area contributed by atoms with Gasteiger partial charge >= 0.3 is 0 Å². The number of hydrogen-bond acceptors (Lipinski definition) is 4. The number of benzene rings is 1. The molecule has 98 valence electrons. The Bertz CT molecular complexity index is 427. The van der Waals surface area contributed by atoms with Gasteiger partial charge in [-0.2, -0.15) is 0 Å². The van der Waals surface area contributed by atoms with Crippen LogP contribution in [-0.4, -0.2) is 25.8 Å². The summed E-state index contributed by atoms with van der Waals surface area (Å²) >= 11 is 0. The lowest BCUT2D eigenvalue weighted by molar-refractivity contribution is -0.121. The second kappa shape index (κ2) is 6.19. The van der Waals surface area contributed by atoms with Gasteiger partial charge in [-0.1, -0.05) is 19.9 Å². The van der Waals surface area contributed by atoms with Gasteiger partial charge in [0.05, 0.1) is 20.6 Å². The molecule has 1 aromatic carbocycles. The largest absolute Gasteiger partial charge is 0.496 e. The quantitative estimate of drug-likeness (QED) is 0.575. The van der Waals surface area contributed by atoms with Crippen LogP contribution in [-0.2, 0) is 4.79 Å². The van der Waals surface area contributed by atoms with Crippen LogP contribution < -0.4 is 9.47 Å². The minimum absolute atomic E-state index is 0.0899. The highest BCUT2D eigenvalue weighted by atomic mass is 16.5. The van der Waals surface area contributed by atoms with Crippen LogP contribution in [0, 0.1) is 5.92 Å². The maximum absolute atomic E-state index is 12.1. The first-order chi connectivity index (χ1) is 8.51. The third-order valence-electron chi connectivity index (χ3n) is 2.69. The van der Waals surface area contributed by atoms with Crippen molar-refractivity contribution in [3.05, 3.63) is 23.8 Å². The zero-order valence-electron chi connectivity index (χ0n) is 11.1. The lowest BCUT2D eigenvalue weighted by atomic mass is 9.98. The molecule has 0 saturated carbocycles. The van der Waals surface area contributed by atoms with Crippen molar-refractivity contribution < 1.29 is 19.1 Å². The number of methoxy groups -OCH3 is 2. The van der Waals surface area contributed by atoms with Crippen LogP contribution in [0.15, 0.2) is 18.2 Å². The van der Waals surface area contributed by atoms with Gasteiger partial charge < -0.3 is 9.47 Å². The van der Waals surface area contributed by atoms with Gasteiger partial charge in [-0.15, -0.1) is 0 Å². The lowest BCUT2D eigenvalue weighted by Gasteiger charge is -2.12. The fourth-order valence-corrected chi connectivity index (χ4v) is 1.58. The third kappa shape index (κ3) is 3.09. The van der Waals surface area contributed by atoms with E-state index in [1.807, 2.05) is 0 Å². The highest BCUT2D eigenvalue weighted by Crippen LogP contribution is 2.29. The predicted molar refractivity (Wildman–Crippen MR) is 68.3 cm³/mol. The predicted octanol–water partition coefficient (Wildman–Crippen LogP) is 2.50. The van der Waals surface area contributed by atoms with E-state index in [0.717, 1.165) is 0 Å². The molecule has 0 unspecified atom stereocenters. The molecule has 0 saturated heterocycles. The molecule has 0 heterocycles. The van der Waals surface area contributed by atoms with Crippen molar-refractivity contribution in [1.82, 2.24) is 0 Å². The molecule has 4 heteroatoms. The first-order valence-corrected chi connectivity index (χ1v) is 5.78. The van der Waals surface area contributed by atoms with Crippen molar-refractivity contribution in [3.8, 4) is 11.5 Å². The summed E-state index contributed by atoms with van der Waals surface area (Å²) in [5, 5.41) is 0. The number of rotatable bonds is 6. The average Bonchev–Trinajstić information content (AvgIpc) is 2.37. The van der Waals surface area contributed by atoms with Crippen molar-refractivity contribution in [2.75, 3.05) is 14.2 Å². The van der Waals surface area contributed by atoms with Crippen LogP contribution >= 0.6 is 0 Å². The van der Waals surface area contributed by atoms with E-state index in [2.05, 4.69) is 0 Å². The van der Waals surface area contributed by atoms with Crippen molar-refractivity contribution in [2.24, 2.45) is 5.92 Å². The van der Waals surface area contributed by atoms with Gasteiger partial charge in [0, 0.05) is 5.92 Å². The van der Waals surface area contributed by atoms with E-state index < -0.39 is 0 Å². The molecular formula is C14H18O4. The topological polar surface area (TPSA) is 52.6 Å². The average molecular weight is 250 g/mol. The zero-order chi connectivity index (χ0) is 13.7. The molecule has 1 aromatic rings. The van der Waals surface area contributed by atoms with Crippen molar-refractivity contribution >= 4 is 11.6 Å². The van der Waals surface area contributed by atoms with Gasteiger partial charge in [0.1, 0.15) is 22.8 Å². The fourth-order valence-electron chi connectivity index (χ4n) is 1.58. The molecule has 0 radical (unpaired) electrons. The summed E-state index contributed by atoms with van der Waals surface area (Å²) in [5.74, 6) is 0.331. The van der Waals surface area contributed by atoms with E-state index in [-0.39, 0.29) is 23.9 Å². The van der Waals surface area contributed by atoms with E-state index in [1.165, 1.54) is 14.2 Å². The van der Waals surface area contributed by atoms with Crippen LogP contribution in [0.25, 0.3) is 0 Å². The van der Waals surface area contributed by atoms with Gasteiger partial charge in [0.15, 0.2) is 5.78 Å². The molecule has 4 nitrogen and oxygen atoms in total. The van der Waals surface area contributed by atoms with Crippen LogP contribution in [0.1, 0.15) is 30.6 Å². The third-order valence-corrected chi connectivity index (χ3v) is 2.69. The Balaban J connectivity index is 3.07. The normalized spacial score (nSPS) is 10.3. The van der Waals surface area contributed by atoms with Gasteiger partial charge in [-0.25, -0.2) is 0 Å². The number of ether oxygens (including phenoxy) is 2. The summed E-state index contributed by atoms with van der Waals surface area (Å²) in [5.41, 5.74) is 0.330. The number of ketones is 2. The Labute approximate surface area is 107 Å². The van der Waals surface area contributed by atoms with Crippen LogP contribution in [0.3, 0.4) is 0 Å². The highest BCUT2D eigenvalue weighted by Gasteiger charge is 2.21. The number of hydrogen-bond donors (Lipinski definition) is 0. The van der Waals surface area contributed by atoms with Crippen LogP contribution in [0.5, 0.6) is 11.5 Å². The fraction of sp³-hybridized carbons (Fsp3) is 0.429. The summed E-state index contributed by atoms with van der Waals surface area (Å²) < 4.78 is 10.3. The Morgan fingerprint density at radius 2 is 1.61 bits per heavy atom.